The normalized spacial score (nSPS) is 11.1. The number of fused-ring (bicyclic) bond motifs is 1. The first-order chi connectivity index (χ1) is 6.70. The lowest BCUT2D eigenvalue weighted by molar-refractivity contribution is 0.792. The Balaban J connectivity index is 2.89. The van der Waals surface area contributed by atoms with Crippen LogP contribution in [0.4, 0.5) is 0 Å². The molecule has 0 unspecified atom stereocenters. The Bertz CT molecular complexity index is 516. The van der Waals surface area contributed by atoms with Crippen LogP contribution in [0.15, 0.2) is 23.3 Å². The molecule has 0 aliphatic heterocycles. The zero-order valence-electron chi connectivity index (χ0n) is 8.11. The van der Waals surface area contributed by atoms with Gasteiger partial charge in [0.05, 0.1) is 11.1 Å². The maximum Gasteiger partial charge on any atom is 0.272 e. The zero-order chi connectivity index (χ0) is 10.1. The molecule has 2 aromatic heterocycles. The maximum absolute atomic E-state index is 11.4. The Kier molecular flexibility index (Phi) is 2.04. The van der Waals surface area contributed by atoms with Gasteiger partial charge in [-0.05, 0) is 12.0 Å². The predicted molar refractivity (Wildman–Crippen MR) is 54.2 cm³/mol. The minimum Gasteiger partial charge on any atom is -0.267 e. The second-order valence-corrected chi connectivity index (χ2v) is 3.51. The number of nitrogens with zero attached hydrogens (tertiary/aromatic N) is 2. The predicted octanol–water partition coefficient (Wildman–Crippen LogP) is 1.44. The molecule has 2 rings (SSSR count). The number of rotatable bonds is 1. The van der Waals surface area contributed by atoms with Crippen molar-refractivity contribution in [2.24, 2.45) is 0 Å². The van der Waals surface area contributed by atoms with Crippen molar-refractivity contribution in [1.82, 2.24) is 15.2 Å². The summed E-state index contributed by atoms with van der Waals surface area (Å²) in [7, 11) is 0. The Morgan fingerprint density at radius 3 is 2.86 bits per heavy atom. The van der Waals surface area contributed by atoms with E-state index in [1.54, 1.807) is 18.5 Å². The second kappa shape index (κ2) is 3.21. The molecular weight excluding hydrogens is 178 g/mol. The summed E-state index contributed by atoms with van der Waals surface area (Å²) in [5.74, 6) is 0.276. The van der Waals surface area contributed by atoms with Gasteiger partial charge in [0.2, 0.25) is 0 Å². The monoisotopic (exact) mass is 189 g/mol. The van der Waals surface area contributed by atoms with Crippen LogP contribution in [-0.4, -0.2) is 15.2 Å². The molecule has 0 aliphatic rings. The highest BCUT2D eigenvalue weighted by Crippen LogP contribution is 2.18. The van der Waals surface area contributed by atoms with Gasteiger partial charge in [-0.2, -0.15) is 5.10 Å². The van der Waals surface area contributed by atoms with Crippen LogP contribution in [0, 0.1) is 0 Å². The van der Waals surface area contributed by atoms with E-state index in [2.05, 4.69) is 15.2 Å². The quantitative estimate of drug-likeness (QED) is 0.738. The van der Waals surface area contributed by atoms with E-state index in [1.807, 2.05) is 13.8 Å². The third-order valence-corrected chi connectivity index (χ3v) is 2.17. The fourth-order valence-electron chi connectivity index (χ4n) is 1.47. The molecule has 0 bridgehead atoms. The van der Waals surface area contributed by atoms with Gasteiger partial charge in [0.25, 0.3) is 5.56 Å². The van der Waals surface area contributed by atoms with Crippen molar-refractivity contribution >= 4 is 10.8 Å². The summed E-state index contributed by atoms with van der Waals surface area (Å²) in [6, 6.07) is 1.71. The lowest BCUT2D eigenvalue weighted by atomic mass is 10.1. The molecule has 0 saturated heterocycles. The Hall–Kier alpha value is -1.71. The van der Waals surface area contributed by atoms with Gasteiger partial charge in [0.1, 0.15) is 0 Å². The highest BCUT2D eigenvalue weighted by Gasteiger charge is 2.08. The van der Waals surface area contributed by atoms with Gasteiger partial charge >= 0.3 is 0 Å². The summed E-state index contributed by atoms with van der Waals surface area (Å²) in [4.78, 5) is 15.4. The van der Waals surface area contributed by atoms with Crippen molar-refractivity contribution in [3.05, 3.63) is 34.5 Å². The summed E-state index contributed by atoms with van der Waals surface area (Å²) in [6.45, 7) is 4.07. The molecule has 4 nitrogen and oxygen atoms in total. The van der Waals surface area contributed by atoms with Crippen LogP contribution in [0.3, 0.4) is 0 Å². The van der Waals surface area contributed by atoms with Gasteiger partial charge in [-0.15, -0.1) is 0 Å². The molecule has 0 fully saturated rings. The van der Waals surface area contributed by atoms with E-state index in [-0.39, 0.29) is 11.5 Å². The van der Waals surface area contributed by atoms with E-state index in [9.17, 15) is 4.79 Å². The number of nitrogens with one attached hydrogen (secondary N) is 1. The summed E-state index contributed by atoms with van der Waals surface area (Å²) >= 11 is 0. The molecule has 0 atom stereocenters. The number of hydrogen-bond acceptors (Lipinski definition) is 3. The van der Waals surface area contributed by atoms with Gasteiger partial charge in [-0.25, -0.2) is 5.10 Å². The lowest BCUT2D eigenvalue weighted by Crippen LogP contribution is -2.11. The van der Waals surface area contributed by atoms with Crippen molar-refractivity contribution in [3.8, 4) is 0 Å². The summed E-state index contributed by atoms with van der Waals surface area (Å²) in [5, 5.41) is 8.01. The maximum atomic E-state index is 11.4. The number of H-pyrrole nitrogens is 1. The van der Waals surface area contributed by atoms with Crippen LogP contribution < -0.4 is 5.56 Å². The average Bonchev–Trinajstić information content (AvgIpc) is 2.18. The first-order valence-corrected chi connectivity index (χ1v) is 4.52. The Morgan fingerprint density at radius 1 is 1.36 bits per heavy atom. The van der Waals surface area contributed by atoms with E-state index >= 15 is 0 Å². The third-order valence-electron chi connectivity index (χ3n) is 2.17. The van der Waals surface area contributed by atoms with Crippen LogP contribution in [-0.2, 0) is 0 Å². The Morgan fingerprint density at radius 2 is 2.14 bits per heavy atom. The Labute approximate surface area is 81.0 Å². The summed E-state index contributed by atoms with van der Waals surface area (Å²) < 4.78 is 0. The van der Waals surface area contributed by atoms with E-state index in [0.717, 1.165) is 11.1 Å². The van der Waals surface area contributed by atoms with E-state index < -0.39 is 0 Å². The molecule has 2 heterocycles. The molecule has 0 aliphatic carbocycles. The highest BCUT2D eigenvalue weighted by molar-refractivity contribution is 5.82. The van der Waals surface area contributed by atoms with E-state index in [1.165, 1.54) is 0 Å². The number of aromatic nitrogens is 3. The topological polar surface area (TPSA) is 58.6 Å². The van der Waals surface area contributed by atoms with Crippen LogP contribution in [0.1, 0.15) is 25.5 Å². The van der Waals surface area contributed by atoms with Gasteiger partial charge in [-0.1, -0.05) is 13.8 Å². The van der Waals surface area contributed by atoms with Gasteiger partial charge in [-0.3, -0.25) is 9.78 Å². The van der Waals surface area contributed by atoms with Gasteiger partial charge in [0, 0.05) is 17.8 Å². The summed E-state index contributed by atoms with van der Waals surface area (Å²) in [5.41, 5.74) is 0.722. The van der Waals surface area contributed by atoms with Crippen molar-refractivity contribution in [2.45, 2.75) is 19.8 Å². The molecular formula is C10H11N3O. The summed E-state index contributed by atoms with van der Waals surface area (Å²) in [6.07, 6.45) is 3.30. The van der Waals surface area contributed by atoms with Crippen LogP contribution in [0.5, 0.6) is 0 Å². The molecule has 2 aromatic rings. The molecule has 4 heteroatoms. The smallest absolute Gasteiger partial charge is 0.267 e. The number of aromatic amines is 1. The zero-order valence-corrected chi connectivity index (χ0v) is 8.11. The van der Waals surface area contributed by atoms with Crippen LogP contribution >= 0.6 is 0 Å². The average molecular weight is 189 g/mol. The number of pyridine rings is 1. The standard InChI is InChI=1S/C10H11N3O/c1-6(2)9-8-5-11-4-3-7(8)10(14)13-12-9/h3-6H,1-2H3,(H,13,14). The van der Waals surface area contributed by atoms with Crippen LogP contribution in [0.25, 0.3) is 10.8 Å². The third kappa shape index (κ3) is 1.28. The number of hydrogen-bond donors (Lipinski definition) is 1. The lowest BCUT2D eigenvalue weighted by Gasteiger charge is -2.06. The van der Waals surface area contributed by atoms with Gasteiger partial charge in [0.15, 0.2) is 0 Å². The van der Waals surface area contributed by atoms with E-state index in [4.69, 9.17) is 0 Å². The second-order valence-electron chi connectivity index (χ2n) is 3.51. The van der Waals surface area contributed by atoms with Crippen molar-refractivity contribution < 1.29 is 0 Å². The fourth-order valence-corrected chi connectivity index (χ4v) is 1.47. The molecule has 72 valence electrons. The molecule has 1 N–H and O–H groups in total. The largest absolute Gasteiger partial charge is 0.272 e. The van der Waals surface area contributed by atoms with E-state index in [0.29, 0.717) is 5.39 Å². The van der Waals surface area contributed by atoms with Gasteiger partial charge < -0.3 is 0 Å². The van der Waals surface area contributed by atoms with Crippen molar-refractivity contribution in [2.75, 3.05) is 0 Å². The molecule has 0 saturated carbocycles. The molecule has 14 heavy (non-hydrogen) atoms. The van der Waals surface area contributed by atoms with Crippen molar-refractivity contribution in [1.29, 1.82) is 0 Å². The van der Waals surface area contributed by atoms with Crippen LogP contribution in [0.2, 0.25) is 0 Å². The molecule has 0 amide bonds. The van der Waals surface area contributed by atoms with Crippen molar-refractivity contribution in [3.63, 3.8) is 0 Å². The first kappa shape index (κ1) is 8.87. The minimum absolute atomic E-state index is 0.160. The first-order valence-electron chi connectivity index (χ1n) is 4.52. The minimum atomic E-state index is -0.160. The molecule has 0 aromatic carbocycles. The SMILES string of the molecule is CC(C)c1n[nH]c(=O)c2ccncc12. The molecule has 0 spiro atoms. The highest BCUT2D eigenvalue weighted by atomic mass is 16.1. The fraction of sp³-hybridized carbons (Fsp3) is 0.300. The molecule has 0 radical (unpaired) electrons.